The first kappa shape index (κ1) is 23.4. The fraction of sp³-hybridized carbons (Fsp3) is 0.240. The lowest BCUT2D eigenvalue weighted by Gasteiger charge is -2.39. The minimum atomic E-state index is -1.29. The molecule has 1 unspecified atom stereocenters. The van der Waals surface area contributed by atoms with Gasteiger partial charge in [-0.15, -0.1) is 11.8 Å². The molecule has 0 spiro atoms. The van der Waals surface area contributed by atoms with Crippen LogP contribution in [0.15, 0.2) is 76.6 Å². The van der Waals surface area contributed by atoms with Gasteiger partial charge < -0.3 is 5.32 Å². The molecule has 5 rings (SSSR count). The Labute approximate surface area is 205 Å². The number of fused-ring (bicyclic) bond motifs is 1. The van der Waals surface area contributed by atoms with Crippen LogP contribution in [-0.2, 0) is 6.54 Å². The van der Waals surface area contributed by atoms with Crippen LogP contribution in [-0.4, -0.2) is 51.7 Å². The van der Waals surface area contributed by atoms with Crippen LogP contribution in [0.4, 0.5) is 20.4 Å². The number of hydrogen-bond acceptors (Lipinski definition) is 7. The van der Waals surface area contributed by atoms with Gasteiger partial charge in [0.2, 0.25) is 5.95 Å². The molecule has 0 saturated carbocycles. The molecule has 0 aliphatic carbocycles. The average Bonchev–Trinajstić information content (AvgIpc) is 2.88. The van der Waals surface area contributed by atoms with Crippen molar-refractivity contribution >= 4 is 34.4 Å². The highest BCUT2D eigenvalue weighted by molar-refractivity contribution is 7.98. The van der Waals surface area contributed by atoms with Gasteiger partial charge in [0.25, 0.3) is 5.56 Å². The Bertz CT molecular complexity index is 1400. The Hall–Kier alpha value is -3.34. The molecule has 1 N–H and O–H groups in total. The van der Waals surface area contributed by atoms with Gasteiger partial charge in [-0.1, -0.05) is 24.3 Å². The molecular weight excluding hydrogens is 470 g/mol. The molecule has 0 amide bonds. The standard InChI is InChI=1S/C25H24F2N6OS/c1-35-21-9-5-8-20(26)19(21)16-31-23(34)11-10-17-14-29-25(30-24(17)31)33(18-6-3-2-4-7-18)32-13-12-28-15-22(32)27/h2-11,14,22,28H,12-13,15-16H2,1H3. The van der Waals surface area contributed by atoms with Gasteiger partial charge in [0.15, 0.2) is 6.30 Å². The van der Waals surface area contributed by atoms with Crippen molar-refractivity contribution < 1.29 is 8.78 Å². The Morgan fingerprint density at radius 3 is 2.74 bits per heavy atom. The molecular formula is C25H24F2N6OS. The molecule has 0 radical (unpaired) electrons. The van der Waals surface area contributed by atoms with Crippen molar-refractivity contribution in [1.82, 2.24) is 24.9 Å². The molecule has 2 aromatic heterocycles. The first-order valence-electron chi connectivity index (χ1n) is 11.2. The van der Waals surface area contributed by atoms with Crippen LogP contribution < -0.4 is 15.9 Å². The third-order valence-corrected chi connectivity index (χ3v) is 6.75. The number of piperazine rings is 1. The van der Waals surface area contributed by atoms with Crippen molar-refractivity contribution in [3.05, 3.63) is 88.6 Å². The van der Waals surface area contributed by atoms with E-state index in [2.05, 4.69) is 10.3 Å². The quantitative estimate of drug-likeness (QED) is 0.322. The summed E-state index contributed by atoms with van der Waals surface area (Å²) in [7, 11) is 0. The molecule has 3 heterocycles. The molecule has 4 aromatic rings. The molecule has 10 heteroatoms. The highest BCUT2D eigenvalue weighted by Gasteiger charge is 2.30. The van der Waals surface area contributed by atoms with E-state index < -0.39 is 6.30 Å². The van der Waals surface area contributed by atoms with Crippen LogP contribution >= 0.6 is 11.8 Å². The maximum atomic E-state index is 15.0. The maximum absolute atomic E-state index is 15.0. The second-order valence-corrected chi connectivity index (χ2v) is 8.92. The molecule has 1 saturated heterocycles. The molecule has 1 atom stereocenters. The third kappa shape index (κ3) is 4.64. The number of nitrogens with zero attached hydrogens (tertiary/aromatic N) is 5. The topological polar surface area (TPSA) is 66.3 Å². The molecule has 1 aliphatic heterocycles. The fourth-order valence-corrected chi connectivity index (χ4v) is 4.82. The van der Waals surface area contributed by atoms with Crippen molar-refractivity contribution in [2.24, 2.45) is 0 Å². The van der Waals surface area contributed by atoms with Crippen molar-refractivity contribution in [3.8, 4) is 0 Å². The number of aromatic nitrogens is 3. The molecule has 35 heavy (non-hydrogen) atoms. The highest BCUT2D eigenvalue weighted by Crippen LogP contribution is 2.28. The number of hydrazine groups is 1. The molecule has 1 fully saturated rings. The van der Waals surface area contributed by atoms with E-state index in [0.717, 1.165) is 4.90 Å². The number of alkyl halides is 1. The lowest BCUT2D eigenvalue weighted by Crippen LogP contribution is -2.55. The number of nitrogens with one attached hydrogen (secondary N) is 1. The average molecular weight is 495 g/mol. The van der Waals surface area contributed by atoms with Crippen molar-refractivity contribution in [1.29, 1.82) is 0 Å². The predicted octanol–water partition coefficient (Wildman–Crippen LogP) is 3.95. The lowest BCUT2D eigenvalue weighted by atomic mass is 10.2. The molecule has 1 aliphatic rings. The Morgan fingerprint density at radius 1 is 1.14 bits per heavy atom. The van der Waals surface area contributed by atoms with E-state index in [9.17, 15) is 9.18 Å². The number of thioether (sulfide) groups is 1. The van der Waals surface area contributed by atoms with E-state index in [1.54, 1.807) is 28.3 Å². The first-order valence-corrected chi connectivity index (χ1v) is 12.4. The predicted molar refractivity (Wildman–Crippen MR) is 134 cm³/mol. The van der Waals surface area contributed by atoms with E-state index in [1.807, 2.05) is 42.7 Å². The molecule has 180 valence electrons. The Morgan fingerprint density at radius 2 is 1.97 bits per heavy atom. The zero-order chi connectivity index (χ0) is 24.4. The van der Waals surface area contributed by atoms with Crippen LogP contribution in [0.1, 0.15) is 5.56 Å². The van der Waals surface area contributed by atoms with Gasteiger partial charge in [-0.25, -0.2) is 18.8 Å². The van der Waals surface area contributed by atoms with Gasteiger partial charge in [-0.2, -0.15) is 9.99 Å². The number of rotatable bonds is 6. The Balaban J connectivity index is 1.66. The number of hydrogen-bond donors (Lipinski definition) is 1. The van der Waals surface area contributed by atoms with Gasteiger partial charge in [0.1, 0.15) is 11.5 Å². The van der Waals surface area contributed by atoms with Crippen LogP contribution in [0.5, 0.6) is 0 Å². The second-order valence-electron chi connectivity index (χ2n) is 8.08. The summed E-state index contributed by atoms with van der Waals surface area (Å²) in [5.74, 6) is -0.159. The Kier molecular flexibility index (Phi) is 6.76. The van der Waals surface area contributed by atoms with Crippen LogP contribution in [0.25, 0.3) is 11.0 Å². The first-order chi connectivity index (χ1) is 17.1. The van der Waals surface area contributed by atoms with E-state index >= 15 is 4.39 Å². The smallest absolute Gasteiger partial charge is 0.252 e. The van der Waals surface area contributed by atoms with E-state index in [0.29, 0.717) is 35.4 Å². The largest absolute Gasteiger partial charge is 0.311 e. The molecule has 2 aromatic carbocycles. The van der Waals surface area contributed by atoms with Crippen molar-refractivity contribution in [3.63, 3.8) is 0 Å². The summed E-state index contributed by atoms with van der Waals surface area (Å²) in [5, 5.41) is 6.88. The summed E-state index contributed by atoms with van der Waals surface area (Å²) in [5.41, 5.74) is 1.15. The van der Waals surface area contributed by atoms with Crippen LogP contribution in [0, 0.1) is 5.82 Å². The van der Waals surface area contributed by atoms with Gasteiger partial charge in [-0.05, 0) is 36.6 Å². The fourth-order valence-electron chi connectivity index (χ4n) is 4.19. The van der Waals surface area contributed by atoms with E-state index in [1.165, 1.54) is 28.5 Å². The SMILES string of the molecule is CSc1cccc(F)c1Cn1c(=O)ccc2cnc(N(c3ccccc3)N3CCNCC3F)nc21. The van der Waals surface area contributed by atoms with Crippen molar-refractivity contribution in [2.75, 3.05) is 30.9 Å². The van der Waals surface area contributed by atoms with Crippen molar-refractivity contribution in [2.45, 2.75) is 17.7 Å². The van der Waals surface area contributed by atoms with Crippen LogP contribution in [0.2, 0.25) is 0 Å². The molecule has 7 nitrogen and oxygen atoms in total. The monoisotopic (exact) mass is 494 g/mol. The number of halogens is 2. The summed E-state index contributed by atoms with van der Waals surface area (Å²) < 4.78 is 31.2. The summed E-state index contributed by atoms with van der Waals surface area (Å²) in [6.45, 7) is 1.20. The zero-order valence-corrected chi connectivity index (χ0v) is 19.9. The normalized spacial score (nSPS) is 16.5. The number of pyridine rings is 1. The number of para-hydroxylation sites is 1. The molecule has 0 bridgehead atoms. The lowest BCUT2D eigenvalue weighted by molar-refractivity contribution is 0.0577. The maximum Gasteiger partial charge on any atom is 0.252 e. The third-order valence-electron chi connectivity index (χ3n) is 5.92. The van der Waals surface area contributed by atoms with Gasteiger partial charge >= 0.3 is 0 Å². The van der Waals surface area contributed by atoms with Gasteiger partial charge in [-0.3, -0.25) is 9.36 Å². The summed E-state index contributed by atoms with van der Waals surface area (Å²) in [4.78, 5) is 22.9. The minimum absolute atomic E-state index is 0.0141. The van der Waals surface area contributed by atoms with Crippen LogP contribution in [0.3, 0.4) is 0 Å². The van der Waals surface area contributed by atoms with Gasteiger partial charge in [0, 0.05) is 47.7 Å². The number of benzene rings is 2. The van der Waals surface area contributed by atoms with Gasteiger partial charge in [0.05, 0.1) is 12.2 Å². The zero-order valence-electron chi connectivity index (χ0n) is 19.1. The van der Waals surface area contributed by atoms with E-state index in [4.69, 9.17) is 4.98 Å². The highest BCUT2D eigenvalue weighted by atomic mass is 32.2. The number of anilines is 2. The second kappa shape index (κ2) is 10.1. The summed E-state index contributed by atoms with van der Waals surface area (Å²) >= 11 is 1.41. The minimum Gasteiger partial charge on any atom is -0.311 e. The summed E-state index contributed by atoms with van der Waals surface area (Å²) in [6, 6.07) is 17.2. The van der Waals surface area contributed by atoms with E-state index in [-0.39, 0.29) is 30.4 Å². The summed E-state index contributed by atoms with van der Waals surface area (Å²) in [6.07, 6.45) is 2.18.